The van der Waals surface area contributed by atoms with Gasteiger partial charge in [0.25, 0.3) is 5.69 Å². The molecule has 2 N–H and O–H groups in total. The number of hydrogen-bond donors (Lipinski definition) is 1. The zero-order chi connectivity index (χ0) is 13.8. The van der Waals surface area contributed by atoms with E-state index in [-0.39, 0.29) is 10.6 Å². The molecule has 1 aromatic heterocycles. The standard InChI is InChI=1S/C14H17N3O2/c1-11-12(4-2-6-14(11)17(18)19)10-16-9-3-5-13(16)7-8-15/h2-6,9H,7-8,10,15H2,1H3. The highest BCUT2D eigenvalue weighted by Gasteiger charge is 2.13. The third-order valence-electron chi connectivity index (χ3n) is 3.28. The number of nitro benzene ring substituents is 1. The Morgan fingerprint density at radius 1 is 1.32 bits per heavy atom. The molecule has 0 bridgehead atoms. The van der Waals surface area contributed by atoms with Crippen molar-refractivity contribution in [1.29, 1.82) is 0 Å². The van der Waals surface area contributed by atoms with Crippen LogP contribution in [0, 0.1) is 17.0 Å². The van der Waals surface area contributed by atoms with Gasteiger partial charge in [-0.2, -0.15) is 0 Å². The van der Waals surface area contributed by atoms with E-state index >= 15 is 0 Å². The van der Waals surface area contributed by atoms with E-state index in [2.05, 4.69) is 4.57 Å². The van der Waals surface area contributed by atoms with E-state index in [0.29, 0.717) is 13.1 Å². The summed E-state index contributed by atoms with van der Waals surface area (Å²) in [6, 6.07) is 9.19. The molecule has 0 aliphatic carbocycles. The monoisotopic (exact) mass is 259 g/mol. The number of benzene rings is 1. The lowest BCUT2D eigenvalue weighted by molar-refractivity contribution is -0.385. The van der Waals surface area contributed by atoms with Crippen LogP contribution in [0.1, 0.15) is 16.8 Å². The summed E-state index contributed by atoms with van der Waals surface area (Å²) in [5, 5.41) is 10.9. The highest BCUT2D eigenvalue weighted by atomic mass is 16.6. The van der Waals surface area contributed by atoms with Crippen molar-refractivity contribution >= 4 is 5.69 Å². The van der Waals surface area contributed by atoms with Crippen molar-refractivity contribution in [2.24, 2.45) is 5.73 Å². The molecule has 0 spiro atoms. The lowest BCUT2D eigenvalue weighted by atomic mass is 10.1. The Balaban J connectivity index is 2.31. The van der Waals surface area contributed by atoms with Gasteiger partial charge in [-0.25, -0.2) is 0 Å². The molecule has 0 saturated carbocycles. The van der Waals surface area contributed by atoms with Crippen molar-refractivity contribution in [3.63, 3.8) is 0 Å². The largest absolute Gasteiger partial charge is 0.347 e. The Bertz CT molecular complexity index is 590. The number of aromatic nitrogens is 1. The molecule has 0 fully saturated rings. The topological polar surface area (TPSA) is 74.1 Å². The number of nitrogens with two attached hydrogens (primary N) is 1. The fraction of sp³-hybridized carbons (Fsp3) is 0.286. The number of nitrogens with zero attached hydrogens (tertiary/aromatic N) is 2. The average molecular weight is 259 g/mol. The van der Waals surface area contributed by atoms with Crippen LogP contribution in [0.25, 0.3) is 0 Å². The lowest BCUT2D eigenvalue weighted by Gasteiger charge is -2.11. The zero-order valence-corrected chi connectivity index (χ0v) is 10.9. The summed E-state index contributed by atoms with van der Waals surface area (Å²) in [6.07, 6.45) is 2.78. The van der Waals surface area contributed by atoms with E-state index in [0.717, 1.165) is 23.2 Å². The maximum Gasteiger partial charge on any atom is 0.272 e. The van der Waals surface area contributed by atoms with Crippen LogP contribution in [-0.2, 0) is 13.0 Å². The Morgan fingerprint density at radius 3 is 2.79 bits per heavy atom. The molecule has 1 heterocycles. The van der Waals surface area contributed by atoms with Gasteiger partial charge in [-0.1, -0.05) is 12.1 Å². The molecule has 5 nitrogen and oxygen atoms in total. The Labute approximate surface area is 111 Å². The first-order chi connectivity index (χ1) is 9.13. The lowest BCUT2D eigenvalue weighted by Crippen LogP contribution is -2.10. The first-order valence-electron chi connectivity index (χ1n) is 6.20. The number of rotatable bonds is 5. The van der Waals surface area contributed by atoms with Crippen molar-refractivity contribution in [3.8, 4) is 0 Å². The van der Waals surface area contributed by atoms with Crippen LogP contribution < -0.4 is 5.73 Å². The molecule has 0 aliphatic rings. The second-order valence-corrected chi connectivity index (χ2v) is 4.48. The van der Waals surface area contributed by atoms with Crippen molar-refractivity contribution in [1.82, 2.24) is 4.57 Å². The minimum absolute atomic E-state index is 0.171. The van der Waals surface area contributed by atoms with Crippen LogP contribution >= 0.6 is 0 Å². The van der Waals surface area contributed by atoms with Gasteiger partial charge in [0.2, 0.25) is 0 Å². The van der Waals surface area contributed by atoms with Gasteiger partial charge in [-0.3, -0.25) is 10.1 Å². The molecule has 0 unspecified atom stereocenters. The smallest absolute Gasteiger partial charge is 0.272 e. The van der Waals surface area contributed by atoms with Crippen LogP contribution in [0.4, 0.5) is 5.69 Å². The highest BCUT2D eigenvalue weighted by molar-refractivity contribution is 5.44. The maximum absolute atomic E-state index is 10.9. The van der Waals surface area contributed by atoms with Crippen molar-refractivity contribution in [3.05, 3.63) is 63.5 Å². The van der Waals surface area contributed by atoms with Gasteiger partial charge in [-0.15, -0.1) is 0 Å². The van der Waals surface area contributed by atoms with Gasteiger partial charge < -0.3 is 10.3 Å². The molecule has 0 amide bonds. The molecule has 0 aliphatic heterocycles. The molecule has 100 valence electrons. The van der Waals surface area contributed by atoms with Crippen LogP contribution in [0.2, 0.25) is 0 Å². The third kappa shape index (κ3) is 2.82. The number of nitro groups is 1. The van der Waals surface area contributed by atoms with Crippen molar-refractivity contribution in [2.45, 2.75) is 19.9 Å². The summed E-state index contributed by atoms with van der Waals surface area (Å²) in [7, 11) is 0. The fourth-order valence-electron chi connectivity index (χ4n) is 2.20. The predicted molar refractivity (Wildman–Crippen MR) is 74.1 cm³/mol. The molecular formula is C14H17N3O2. The van der Waals surface area contributed by atoms with Crippen LogP contribution in [0.3, 0.4) is 0 Å². The van der Waals surface area contributed by atoms with E-state index in [1.807, 2.05) is 24.4 Å². The summed E-state index contributed by atoms with van der Waals surface area (Å²) in [6.45, 7) is 3.02. The summed E-state index contributed by atoms with van der Waals surface area (Å²) in [5.74, 6) is 0. The summed E-state index contributed by atoms with van der Waals surface area (Å²) in [4.78, 5) is 10.6. The van der Waals surface area contributed by atoms with Gasteiger partial charge in [0.05, 0.1) is 4.92 Å². The summed E-state index contributed by atoms with van der Waals surface area (Å²) < 4.78 is 2.08. The first kappa shape index (κ1) is 13.3. The van der Waals surface area contributed by atoms with Gasteiger partial charge in [0.1, 0.15) is 0 Å². The summed E-state index contributed by atoms with van der Waals surface area (Å²) >= 11 is 0. The zero-order valence-electron chi connectivity index (χ0n) is 10.9. The van der Waals surface area contributed by atoms with E-state index in [1.165, 1.54) is 6.07 Å². The molecule has 5 heteroatoms. The minimum atomic E-state index is -0.338. The second kappa shape index (κ2) is 5.67. The van der Waals surface area contributed by atoms with Crippen molar-refractivity contribution in [2.75, 3.05) is 6.54 Å². The highest BCUT2D eigenvalue weighted by Crippen LogP contribution is 2.22. The van der Waals surface area contributed by atoms with E-state index < -0.39 is 0 Å². The molecule has 2 aromatic rings. The van der Waals surface area contributed by atoms with E-state index in [1.54, 1.807) is 13.0 Å². The maximum atomic E-state index is 10.9. The summed E-state index contributed by atoms with van der Waals surface area (Å²) in [5.41, 5.74) is 8.57. The van der Waals surface area contributed by atoms with Crippen molar-refractivity contribution < 1.29 is 4.92 Å². The van der Waals surface area contributed by atoms with Gasteiger partial charge >= 0.3 is 0 Å². The average Bonchev–Trinajstić information content (AvgIpc) is 2.79. The fourth-order valence-corrected chi connectivity index (χ4v) is 2.20. The molecular weight excluding hydrogens is 242 g/mol. The second-order valence-electron chi connectivity index (χ2n) is 4.48. The van der Waals surface area contributed by atoms with Crippen LogP contribution in [-0.4, -0.2) is 16.0 Å². The first-order valence-corrected chi connectivity index (χ1v) is 6.20. The third-order valence-corrected chi connectivity index (χ3v) is 3.28. The molecule has 0 atom stereocenters. The van der Waals surface area contributed by atoms with Gasteiger partial charge in [0, 0.05) is 30.1 Å². The van der Waals surface area contributed by atoms with Gasteiger partial charge in [0.15, 0.2) is 0 Å². The van der Waals surface area contributed by atoms with E-state index in [9.17, 15) is 10.1 Å². The Kier molecular flexibility index (Phi) is 3.97. The van der Waals surface area contributed by atoms with E-state index in [4.69, 9.17) is 5.73 Å². The Hall–Kier alpha value is -2.14. The Morgan fingerprint density at radius 2 is 2.11 bits per heavy atom. The molecule has 0 saturated heterocycles. The molecule has 0 radical (unpaired) electrons. The molecule has 1 aromatic carbocycles. The molecule has 2 rings (SSSR count). The van der Waals surface area contributed by atoms with Gasteiger partial charge in [-0.05, 0) is 37.6 Å². The van der Waals surface area contributed by atoms with Crippen LogP contribution in [0.5, 0.6) is 0 Å². The minimum Gasteiger partial charge on any atom is -0.347 e. The van der Waals surface area contributed by atoms with Crippen LogP contribution in [0.15, 0.2) is 36.5 Å². The number of hydrogen-bond acceptors (Lipinski definition) is 3. The predicted octanol–water partition coefficient (Wildman–Crippen LogP) is 2.25. The SMILES string of the molecule is Cc1c(Cn2cccc2CCN)cccc1[N+](=O)[O-]. The normalized spacial score (nSPS) is 10.6. The molecule has 19 heavy (non-hydrogen) atoms. The quantitative estimate of drug-likeness (QED) is 0.661.